The number of carbonyl (C=O) groups is 4. The standard InChI is InChI=1S/C30H47NO10/c1-9-18(5)15-37-29(35)40-23-12-11-22(14-24(23)41-30(36)38-16-19(6)10-2)26(27(31)28(33)34)20(7)21(8)39-25(32)13-17(3)4/h11-12,14,17-21,26-27H,9-10,13,15-16,31H2,1-8H3,(H,33,34)/t18?,19?,20?,21?,26?,27-/m0/s1. The van der Waals surface area contributed by atoms with Crippen molar-refractivity contribution < 1.29 is 48.0 Å². The molecule has 11 heteroatoms. The summed E-state index contributed by atoms with van der Waals surface area (Å²) < 4.78 is 26.6. The number of ether oxygens (including phenoxy) is 5. The van der Waals surface area contributed by atoms with Crippen molar-refractivity contribution in [2.75, 3.05) is 13.2 Å². The Morgan fingerprint density at radius 1 is 0.829 bits per heavy atom. The van der Waals surface area contributed by atoms with Gasteiger partial charge in [-0.3, -0.25) is 9.59 Å². The van der Waals surface area contributed by atoms with Crippen LogP contribution in [0.15, 0.2) is 18.2 Å². The zero-order valence-corrected chi connectivity index (χ0v) is 25.5. The highest BCUT2D eigenvalue weighted by atomic mass is 16.7. The highest BCUT2D eigenvalue weighted by Gasteiger charge is 2.36. The van der Waals surface area contributed by atoms with E-state index in [-0.39, 0.29) is 48.9 Å². The first-order chi connectivity index (χ1) is 19.2. The molecule has 0 amide bonds. The van der Waals surface area contributed by atoms with E-state index in [4.69, 9.17) is 29.4 Å². The number of carboxylic acid groups (broad SMARTS) is 1. The first-order valence-electron chi connectivity index (χ1n) is 14.2. The van der Waals surface area contributed by atoms with E-state index in [1.807, 2.05) is 41.5 Å². The van der Waals surface area contributed by atoms with Gasteiger partial charge in [0.15, 0.2) is 11.5 Å². The quantitative estimate of drug-likeness (QED) is 0.135. The van der Waals surface area contributed by atoms with Crippen LogP contribution in [0.5, 0.6) is 11.5 Å². The van der Waals surface area contributed by atoms with Gasteiger partial charge < -0.3 is 34.5 Å². The van der Waals surface area contributed by atoms with Gasteiger partial charge in [-0.1, -0.05) is 67.4 Å². The number of rotatable bonds is 16. The van der Waals surface area contributed by atoms with E-state index in [0.717, 1.165) is 12.8 Å². The van der Waals surface area contributed by atoms with Crippen LogP contribution in [0, 0.1) is 23.7 Å². The summed E-state index contributed by atoms with van der Waals surface area (Å²) >= 11 is 0. The maximum atomic E-state index is 12.5. The van der Waals surface area contributed by atoms with E-state index in [1.165, 1.54) is 18.2 Å². The summed E-state index contributed by atoms with van der Waals surface area (Å²) in [7, 11) is 0. The van der Waals surface area contributed by atoms with Gasteiger partial charge in [-0.15, -0.1) is 0 Å². The zero-order chi connectivity index (χ0) is 31.3. The van der Waals surface area contributed by atoms with Gasteiger partial charge in [-0.05, 0) is 42.4 Å². The third-order valence-electron chi connectivity index (χ3n) is 6.98. The van der Waals surface area contributed by atoms with Gasteiger partial charge in [0.1, 0.15) is 12.1 Å². The lowest BCUT2D eigenvalue weighted by Crippen LogP contribution is -2.42. The summed E-state index contributed by atoms with van der Waals surface area (Å²) in [5.74, 6) is -3.13. The lowest BCUT2D eigenvalue weighted by Gasteiger charge is -2.32. The molecule has 0 saturated carbocycles. The van der Waals surface area contributed by atoms with Crippen LogP contribution in [0.3, 0.4) is 0 Å². The van der Waals surface area contributed by atoms with E-state index in [0.29, 0.717) is 5.56 Å². The number of esters is 1. The largest absolute Gasteiger partial charge is 0.513 e. The molecule has 232 valence electrons. The maximum absolute atomic E-state index is 12.5. The van der Waals surface area contributed by atoms with Crippen LogP contribution in [0.2, 0.25) is 0 Å². The summed E-state index contributed by atoms with van der Waals surface area (Å²) in [4.78, 5) is 49.1. The predicted octanol–water partition coefficient (Wildman–Crippen LogP) is 5.92. The number of aliphatic carboxylic acids is 1. The number of nitrogens with two attached hydrogens (primary N) is 1. The summed E-state index contributed by atoms with van der Waals surface area (Å²) in [5, 5.41) is 9.78. The Labute approximate surface area is 243 Å². The first-order valence-corrected chi connectivity index (χ1v) is 14.2. The van der Waals surface area contributed by atoms with Crippen LogP contribution in [0.1, 0.15) is 86.1 Å². The van der Waals surface area contributed by atoms with Crippen molar-refractivity contribution in [1.29, 1.82) is 0 Å². The maximum Gasteiger partial charge on any atom is 0.513 e. The number of benzene rings is 1. The van der Waals surface area contributed by atoms with Crippen molar-refractivity contribution in [1.82, 2.24) is 0 Å². The second kappa shape index (κ2) is 17.5. The summed E-state index contributed by atoms with van der Waals surface area (Å²) in [6.45, 7) is 15.1. The minimum Gasteiger partial charge on any atom is -0.480 e. The summed E-state index contributed by atoms with van der Waals surface area (Å²) in [5.41, 5.74) is 6.48. The molecule has 6 atom stereocenters. The van der Waals surface area contributed by atoms with Crippen LogP contribution in [-0.2, 0) is 23.8 Å². The average Bonchev–Trinajstić information content (AvgIpc) is 2.90. The van der Waals surface area contributed by atoms with Gasteiger partial charge in [-0.25, -0.2) is 9.59 Å². The highest BCUT2D eigenvalue weighted by molar-refractivity contribution is 5.75. The Morgan fingerprint density at radius 2 is 1.34 bits per heavy atom. The number of hydrogen-bond donors (Lipinski definition) is 2. The molecule has 0 saturated heterocycles. The van der Waals surface area contributed by atoms with Crippen LogP contribution >= 0.6 is 0 Å². The molecule has 0 aromatic heterocycles. The molecule has 1 aromatic rings. The van der Waals surface area contributed by atoms with E-state index in [1.54, 1.807) is 13.8 Å². The number of carbonyl (C=O) groups excluding carboxylic acids is 3. The molecule has 0 spiro atoms. The molecule has 0 radical (unpaired) electrons. The Balaban J connectivity index is 3.39. The lowest BCUT2D eigenvalue weighted by molar-refractivity contribution is -0.152. The molecule has 0 fully saturated rings. The van der Waals surface area contributed by atoms with E-state index >= 15 is 0 Å². The van der Waals surface area contributed by atoms with Gasteiger partial charge >= 0.3 is 24.2 Å². The average molecular weight is 582 g/mol. The van der Waals surface area contributed by atoms with Crippen LogP contribution in [0.25, 0.3) is 0 Å². The van der Waals surface area contributed by atoms with Crippen LogP contribution in [-0.4, -0.2) is 54.7 Å². The van der Waals surface area contributed by atoms with Gasteiger partial charge in [-0.2, -0.15) is 0 Å². The Bertz CT molecular complexity index is 1010. The van der Waals surface area contributed by atoms with Crippen molar-refractivity contribution in [3.05, 3.63) is 23.8 Å². The van der Waals surface area contributed by atoms with Crippen molar-refractivity contribution in [2.24, 2.45) is 29.4 Å². The second-order valence-corrected chi connectivity index (χ2v) is 11.1. The molecule has 0 heterocycles. The van der Waals surface area contributed by atoms with E-state index < -0.39 is 48.2 Å². The number of carboxylic acids is 1. The normalized spacial score (nSPS) is 15.6. The van der Waals surface area contributed by atoms with E-state index in [2.05, 4.69) is 0 Å². The highest BCUT2D eigenvalue weighted by Crippen LogP contribution is 2.37. The van der Waals surface area contributed by atoms with Crippen molar-refractivity contribution in [2.45, 2.75) is 92.7 Å². The topological polar surface area (TPSA) is 161 Å². The number of hydrogen-bond acceptors (Lipinski definition) is 10. The molecule has 0 aliphatic carbocycles. The lowest BCUT2D eigenvalue weighted by atomic mass is 9.79. The minimum absolute atomic E-state index is 0.0891. The molecule has 41 heavy (non-hydrogen) atoms. The molecular weight excluding hydrogens is 534 g/mol. The Morgan fingerprint density at radius 3 is 1.80 bits per heavy atom. The molecular formula is C30H47NO10. The fraction of sp³-hybridized carbons (Fsp3) is 0.667. The van der Waals surface area contributed by atoms with Gasteiger partial charge in [0.2, 0.25) is 0 Å². The zero-order valence-electron chi connectivity index (χ0n) is 25.5. The van der Waals surface area contributed by atoms with Gasteiger partial charge in [0.05, 0.1) is 13.2 Å². The van der Waals surface area contributed by atoms with Crippen LogP contribution < -0.4 is 15.2 Å². The molecule has 5 unspecified atom stereocenters. The molecule has 1 aromatic carbocycles. The van der Waals surface area contributed by atoms with Crippen molar-refractivity contribution >= 4 is 24.2 Å². The monoisotopic (exact) mass is 581 g/mol. The van der Waals surface area contributed by atoms with E-state index in [9.17, 15) is 24.3 Å². The van der Waals surface area contributed by atoms with Crippen LogP contribution in [0.4, 0.5) is 9.59 Å². The smallest absolute Gasteiger partial charge is 0.480 e. The van der Waals surface area contributed by atoms with Gasteiger partial charge in [0, 0.05) is 18.3 Å². The molecule has 0 bridgehead atoms. The first kappa shape index (κ1) is 35.7. The molecule has 0 aliphatic heterocycles. The Kier molecular flexibility index (Phi) is 15.2. The Hall–Kier alpha value is -3.34. The fourth-order valence-electron chi connectivity index (χ4n) is 3.77. The van der Waals surface area contributed by atoms with Gasteiger partial charge in [0.25, 0.3) is 0 Å². The SMILES string of the molecule is CCC(C)COC(=O)Oc1ccc(C(C(C)C(C)OC(=O)CC(C)C)[C@H](N)C(=O)O)cc1OC(=O)OCC(C)CC. The molecule has 1 rings (SSSR count). The van der Waals surface area contributed by atoms with Crippen molar-refractivity contribution in [3.8, 4) is 11.5 Å². The molecule has 3 N–H and O–H groups in total. The molecule has 0 aliphatic rings. The summed E-state index contributed by atoms with van der Waals surface area (Å²) in [6, 6.07) is 2.85. The third-order valence-corrected chi connectivity index (χ3v) is 6.98. The second-order valence-electron chi connectivity index (χ2n) is 11.1. The molecule has 11 nitrogen and oxygen atoms in total. The predicted molar refractivity (Wildman–Crippen MR) is 152 cm³/mol. The minimum atomic E-state index is -1.39. The fourth-order valence-corrected chi connectivity index (χ4v) is 3.77. The summed E-state index contributed by atoms with van der Waals surface area (Å²) in [6.07, 6.45) is -0.911. The third kappa shape index (κ3) is 12.4. The van der Waals surface area contributed by atoms with Crippen molar-refractivity contribution in [3.63, 3.8) is 0 Å².